The van der Waals surface area contributed by atoms with Gasteiger partial charge in [0.25, 0.3) is 0 Å². The molecule has 27 heavy (non-hydrogen) atoms. The summed E-state index contributed by atoms with van der Waals surface area (Å²) in [6, 6.07) is 10.8. The average molecular weight is 366 g/mol. The molecule has 0 atom stereocenters. The van der Waals surface area contributed by atoms with Gasteiger partial charge in [-0.15, -0.1) is 0 Å². The minimum absolute atomic E-state index is 0.0769. The van der Waals surface area contributed by atoms with Crippen LogP contribution in [0.2, 0.25) is 0 Å². The van der Waals surface area contributed by atoms with Gasteiger partial charge in [0.05, 0.1) is 17.6 Å². The predicted octanol–water partition coefficient (Wildman–Crippen LogP) is 3.03. The highest BCUT2D eigenvalue weighted by atomic mass is 16.5. The smallest absolute Gasteiger partial charge is 0.238 e. The third kappa shape index (κ3) is 3.74. The summed E-state index contributed by atoms with van der Waals surface area (Å²) < 4.78 is 10.4. The van der Waals surface area contributed by atoms with Crippen molar-refractivity contribution in [2.24, 2.45) is 0 Å². The number of rotatable bonds is 6. The van der Waals surface area contributed by atoms with Crippen LogP contribution in [0.1, 0.15) is 25.2 Å². The molecule has 1 aromatic carbocycles. The summed E-state index contributed by atoms with van der Waals surface area (Å²) in [4.78, 5) is 30.3. The molecule has 2 amide bonds. The summed E-state index contributed by atoms with van der Waals surface area (Å²) in [6.07, 6.45) is 3.39. The van der Waals surface area contributed by atoms with Crippen LogP contribution in [-0.4, -0.2) is 28.5 Å². The highest BCUT2D eigenvalue weighted by Crippen LogP contribution is 2.29. The lowest BCUT2D eigenvalue weighted by molar-refractivity contribution is -0.117. The van der Waals surface area contributed by atoms with E-state index in [0.717, 1.165) is 12.1 Å². The molecule has 1 fully saturated rings. The van der Waals surface area contributed by atoms with Crippen molar-refractivity contribution in [2.75, 3.05) is 16.8 Å². The van der Waals surface area contributed by atoms with Crippen LogP contribution in [0, 0.1) is 0 Å². The maximum atomic E-state index is 12.3. The second-order valence-electron chi connectivity index (χ2n) is 6.20. The molecule has 2 aromatic heterocycles. The van der Waals surface area contributed by atoms with E-state index in [2.05, 4.69) is 15.5 Å². The van der Waals surface area contributed by atoms with E-state index in [-0.39, 0.29) is 18.2 Å². The summed E-state index contributed by atoms with van der Waals surface area (Å²) in [6.45, 7) is 0.670. The van der Waals surface area contributed by atoms with Crippen molar-refractivity contribution >= 4 is 23.2 Å². The molecule has 1 N–H and O–H groups in total. The van der Waals surface area contributed by atoms with E-state index < -0.39 is 0 Å². The Hall–Kier alpha value is -3.42. The molecule has 0 saturated carbocycles. The highest BCUT2D eigenvalue weighted by Gasteiger charge is 2.24. The number of carbonyl (C=O) groups excluding carboxylic acids is 2. The van der Waals surface area contributed by atoms with Crippen LogP contribution in [0.3, 0.4) is 0 Å². The molecule has 0 unspecified atom stereocenters. The van der Waals surface area contributed by atoms with Crippen molar-refractivity contribution in [2.45, 2.75) is 25.7 Å². The van der Waals surface area contributed by atoms with Gasteiger partial charge in [0.15, 0.2) is 5.76 Å². The van der Waals surface area contributed by atoms with Crippen molar-refractivity contribution in [3.8, 4) is 11.6 Å². The summed E-state index contributed by atoms with van der Waals surface area (Å²) in [5, 5.41) is 6.71. The van der Waals surface area contributed by atoms with Crippen LogP contribution in [0.5, 0.6) is 0 Å². The molecule has 1 aliphatic rings. The average Bonchev–Trinajstić information content (AvgIpc) is 3.42. The quantitative estimate of drug-likeness (QED) is 0.719. The summed E-state index contributed by atoms with van der Waals surface area (Å²) in [5.74, 6) is 1.12. The third-order valence-corrected chi connectivity index (χ3v) is 4.32. The van der Waals surface area contributed by atoms with E-state index in [1.165, 1.54) is 6.26 Å². The number of benzene rings is 1. The van der Waals surface area contributed by atoms with Crippen LogP contribution >= 0.6 is 0 Å². The van der Waals surface area contributed by atoms with Crippen LogP contribution in [0.4, 0.5) is 11.4 Å². The Kier molecular flexibility index (Phi) is 4.69. The minimum atomic E-state index is -0.188. The molecule has 8 nitrogen and oxygen atoms in total. The Bertz CT molecular complexity index is 948. The van der Waals surface area contributed by atoms with Crippen molar-refractivity contribution in [3.05, 3.63) is 48.6 Å². The Labute approximate surface area is 155 Å². The first-order chi connectivity index (χ1) is 13.2. The molecule has 1 aliphatic heterocycles. The fourth-order valence-corrected chi connectivity index (χ4v) is 3.01. The van der Waals surface area contributed by atoms with Gasteiger partial charge in [-0.2, -0.15) is 4.98 Å². The van der Waals surface area contributed by atoms with Gasteiger partial charge in [-0.3, -0.25) is 9.59 Å². The summed E-state index contributed by atoms with van der Waals surface area (Å²) >= 11 is 0. The SMILES string of the molecule is O=C(CCc1nc(-c2ccco2)no1)Nc1ccccc1N1CCCC1=O. The molecule has 8 heteroatoms. The van der Waals surface area contributed by atoms with Crippen molar-refractivity contribution in [3.63, 3.8) is 0 Å². The topological polar surface area (TPSA) is 101 Å². The van der Waals surface area contributed by atoms with E-state index in [4.69, 9.17) is 8.94 Å². The lowest BCUT2D eigenvalue weighted by atomic mass is 10.2. The van der Waals surface area contributed by atoms with Gasteiger partial charge >= 0.3 is 0 Å². The number of para-hydroxylation sites is 2. The monoisotopic (exact) mass is 366 g/mol. The van der Waals surface area contributed by atoms with E-state index in [0.29, 0.717) is 42.5 Å². The first-order valence-corrected chi connectivity index (χ1v) is 8.76. The lowest BCUT2D eigenvalue weighted by Gasteiger charge is -2.19. The molecule has 4 rings (SSSR count). The standard InChI is InChI=1S/C19H18N4O4/c24-16(9-10-17-21-19(22-27-17)15-7-4-12-26-15)20-13-5-1-2-6-14(13)23-11-3-8-18(23)25/h1-2,4-7,12H,3,8-11H2,(H,20,24). The number of aromatic nitrogens is 2. The van der Waals surface area contributed by atoms with Crippen LogP contribution in [0.15, 0.2) is 51.6 Å². The second-order valence-corrected chi connectivity index (χ2v) is 6.20. The van der Waals surface area contributed by atoms with Gasteiger partial charge in [0, 0.05) is 25.8 Å². The van der Waals surface area contributed by atoms with Crippen molar-refractivity contribution < 1.29 is 18.5 Å². The fourth-order valence-electron chi connectivity index (χ4n) is 3.01. The molecule has 0 radical (unpaired) electrons. The number of hydrogen-bond donors (Lipinski definition) is 1. The number of nitrogens with one attached hydrogen (secondary N) is 1. The number of furan rings is 1. The van der Waals surface area contributed by atoms with E-state index >= 15 is 0 Å². The Balaban J connectivity index is 1.38. The first-order valence-electron chi connectivity index (χ1n) is 8.76. The Morgan fingerprint density at radius 2 is 2.11 bits per heavy atom. The number of amides is 2. The second kappa shape index (κ2) is 7.45. The molecular formula is C19H18N4O4. The zero-order chi connectivity index (χ0) is 18.6. The van der Waals surface area contributed by atoms with Gasteiger partial charge in [-0.05, 0) is 30.7 Å². The maximum absolute atomic E-state index is 12.3. The molecule has 3 aromatic rings. The molecule has 3 heterocycles. The minimum Gasteiger partial charge on any atom is -0.461 e. The van der Waals surface area contributed by atoms with Crippen LogP contribution in [0.25, 0.3) is 11.6 Å². The predicted molar refractivity (Wildman–Crippen MR) is 97.0 cm³/mol. The zero-order valence-corrected chi connectivity index (χ0v) is 14.6. The summed E-state index contributed by atoms with van der Waals surface area (Å²) in [5.41, 5.74) is 1.35. The third-order valence-electron chi connectivity index (χ3n) is 4.32. The van der Waals surface area contributed by atoms with Crippen LogP contribution < -0.4 is 10.2 Å². The summed E-state index contributed by atoms with van der Waals surface area (Å²) in [7, 11) is 0. The van der Waals surface area contributed by atoms with Crippen LogP contribution in [-0.2, 0) is 16.0 Å². The van der Waals surface area contributed by atoms with E-state index in [1.807, 2.05) is 18.2 Å². The molecule has 1 saturated heterocycles. The Morgan fingerprint density at radius 1 is 1.22 bits per heavy atom. The molecule has 0 spiro atoms. The molecule has 138 valence electrons. The molecule has 0 aliphatic carbocycles. The zero-order valence-electron chi connectivity index (χ0n) is 14.6. The molecular weight excluding hydrogens is 348 g/mol. The highest BCUT2D eigenvalue weighted by molar-refractivity contribution is 6.02. The van der Waals surface area contributed by atoms with E-state index in [1.54, 1.807) is 23.1 Å². The number of nitrogens with zero attached hydrogens (tertiary/aromatic N) is 3. The fraction of sp³-hybridized carbons (Fsp3) is 0.263. The van der Waals surface area contributed by atoms with E-state index in [9.17, 15) is 9.59 Å². The van der Waals surface area contributed by atoms with Gasteiger partial charge in [0.2, 0.25) is 23.5 Å². The Morgan fingerprint density at radius 3 is 2.89 bits per heavy atom. The van der Waals surface area contributed by atoms with Gasteiger partial charge < -0.3 is 19.2 Å². The molecule has 0 bridgehead atoms. The maximum Gasteiger partial charge on any atom is 0.238 e. The number of anilines is 2. The number of hydrogen-bond acceptors (Lipinski definition) is 6. The largest absolute Gasteiger partial charge is 0.461 e. The normalized spacial score (nSPS) is 13.9. The van der Waals surface area contributed by atoms with Gasteiger partial charge in [-0.25, -0.2) is 0 Å². The van der Waals surface area contributed by atoms with Gasteiger partial charge in [-0.1, -0.05) is 17.3 Å². The number of aryl methyl sites for hydroxylation is 1. The van der Waals surface area contributed by atoms with Crippen molar-refractivity contribution in [1.29, 1.82) is 0 Å². The van der Waals surface area contributed by atoms with Crippen molar-refractivity contribution in [1.82, 2.24) is 10.1 Å². The van der Waals surface area contributed by atoms with Gasteiger partial charge in [0.1, 0.15) is 0 Å². The lowest BCUT2D eigenvalue weighted by Crippen LogP contribution is -2.25. The number of carbonyl (C=O) groups is 2. The first kappa shape index (κ1) is 17.0.